The van der Waals surface area contributed by atoms with Crippen molar-refractivity contribution < 1.29 is 4.74 Å². The van der Waals surface area contributed by atoms with E-state index in [1.165, 1.54) is 0 Å². The zero-order chi connectivity index (χ0) is 14.0. The molecule has 1 heterocycles. The van der Waals surface area contributed by atoms with Crippen LogP contribution < -0.4 is 10.5 Å². The van der Waals surface area contributed by atoms with Crippen molar-refractivity contribution in [1.82, 2.24) is 4.98 Å². The maximum atomic E-state index is 5.79. The zero-order valence-electron chi connectivity index (χ0n) is 10.6. The predicted octanol–water partition coefficient (Wildman–Crippen LogP) is 3.89. The Kier molecular flexibility index (Phi) is 4.17. The molecule has 19 heavy (non-hydrogen) atoms. The molecule has 0 saturated heterocycles. The predicted molar refractivity (Wildman–Crippen MR) is 83.8 cm³/mol. The fraction of sp³-hybridized carbons (Fsp3) is 0.143. The smallest absolute Gasteiger partial charge is 0.229 e. The van der Waals surface area contributed by atoms with Crippen molar-refractivity contribution in [3.63, 3.8) is 0 Å². The topological polar surface area (TPSA) is 48.1 Å². The minimum Gasteiger partial charge on any atom is -0.438 e. The van der Waals surface area contributed by atoms with E-state index in [9.17, 15) is 0 Å². The average Bonchev–Trinajstić information content (AvgIpc) is 2.36. The molecule has 0 saturated carbocycles. The first kappa shape index (κ1) is 14.0. The molecule has 0 amide bonds. The molecule has 0 bridgehead atoms. The van der Waals surface area contributed by atoms with Crippen LogP contribution in [-0.2, 0) is 0 Å². The van der Waals surface area contributed by atoms with Crippen molar-refractivity contribution in [3.8, 4) is 11.6 Å². The Labute approximate surface area is 125 Å². The Hall–Kier alpha value is -1.46. The molecule has 0 aliphatic carbocycles. The Morgan fingerprint density at radius 2 is 1.95 bits per heavy atom. The first-order valence-corrected chi connectivity index (χ1v) is 6.88. The third-order valence-corrected chi connectivity index (χ3v) is 4.13. The molecule has 1 aromatic carbocycles. The van der Waals surface area contributed by atoms with Gasteiger partial charge in [-0.1, -0.05) is 28.1 Å². The lowest BCUT2D eigenvalue weighted by atomic mass is 10.1. The van der Waals surface area contributed by atoms with Crippen LogP contribution in [0.2, 0.25) is 0 Å². The number of rotatable bonds is 3. The van der Waals surface area contributed by atoms with E-state index in [0.717, 1.165) is 21.3 Å². The molecule has 0 atom stereocenters. The molecular weight excluding hydrogens is 324 g/mol. The van der Waals surface area contributed by atoms with Crippen LogP contribution in [0.5, 0.6) is 11.6 Å². The summed E-state index contributed by atoms with van der Waals surface area (Å²) in [6.45, 7) is 4.02. The first-order chi connectivity index (χ1) is 8.99. The van der Waals surface area contributed by atoms with E-state index in [1.54, 1.807) is 18.3 Å². The number of ether oxygens (including phenoxy) is 1. The largest absolute Gasteiger partial charge is 0.438 e. The van der Waals surface area contributed by atoms with E-state index in [4.69, 9.17) is 22.7 Å². The van der Waals surface area contributed by atoms with E-state index in [1.807, 2.05) is 26.0 Å². The highest BCUT2D eigenvalue weighted by molar-refractivity contribution is 9.10. The fourth-order valence-corrected chi connectivity index (χ4v) is 2.12. The molecule has 0 fully saturated rings. The van der Waals surface area contributed by atoms with Crippen molar-refractivity contribution in [2.24, 2.45) is 5.73 Å². The Bertz CT molecular complexity index is 620. The van der Waals surface area contributed by atoms with Crippen LogP contribution in [0.15, 0.2) is 34.9 Å². The van der Waals surface area contributed by atoms with E-state index in [-0.39, 0.29) is 4.99 Å². The second kappa shape index (κ2) is 5.67. The molecule has 0 aliphatic rings. The molecular formula is C14H13BrN2OS. The van der Waals surface area contributed by atoms with E-state index < -0.39 is 0 Å². The van der Waals surface area contributed by atoms with Gasteiger partial charge in [0.05, 0.1) is 5.56 Å². The quantitative estimate of drug-likeness (QED) is 0.864. The molecule has 2 N–H and O–H groups in total. The third kappa shape index (κ3) is 3.11. The number of halogens is 1. The van der Waals surface area contributed by atoms with Crippen molar-refractivity contribution in [1.29, 1.82) is 0 Å². The van der Waals surface area contributed by atoms with Gasteiger partial charge in [0.25, 0.3) is 0 Å². The van der Waals surface area contributed by atoms with Crippen LogP contribution in [0, 0.1) is 13.8 Å². The molecule has 3 nitrogen and oxygen atoms in total. The monoisotopic (exact) mass is 336 g/mol. The normalized spacial score (nSPS) is 10.3. The van der Waals surface area contributed by atoms with Crippen LogP contribution in [0.4, 0.5) is 0 Å². The molecule has 98 valence electrons. The maximum Gasteiger partial charge on any atom is 0.229 e. The van der Waals surface area contributed by atoms with Gasteiger partial charge in [0.2, 0.25) is 5.88 Å². The van der Waals surface area contributed by atoms with Gasteiger partial charge in [-0.25, -0.2) is 4.98 Å². The molecule has 0 unspecified atom stereocenters. The second-order valence-electron chi connectivity index (χ2n) is 4.19. The van der Waals surface area contributed by atoms with Crippen molar-refractivity contribution in [2.45, 2.75) is 13.8 Å². The van der Waals surface area contributed by atoms with Crippen LogP contribution in [-0.4, -0.2) is 9.97 Å². The number of nitrogens with zero attached hydrogens (tertiary/aromatic N) is 1. The summed E-state index contributed by atoms with van der Waals surface area (Å²) >= 11 is 8.51. The highest BCUT2D eigenvalue weighted by atomic mass is 79.9. The van der Waals surface area contributed by atoms with E-state index in [2.05, 4.69) is 20.9 Å². The summed E-state index contributed by atoms with van der Waals surface area (Å²) in [4.78, 5) is 4.45. The molecule has 0 radical (unpaired) electrons. The van der Waals surface area contributed by atoms with E-state index in [0.29, 0.717) is 11.4 Å². The summed E-state index contributed by atoms with van der Waals surface area (Å²) in [6, 6.07) is 7.45. The van der Waals surface area contributed by atoms with Gasteiger partial charge in [-0.15, -0.1) is 0 Å². The second-order valence-corrected chi connectivity index (χ2v) is 5.43. The maximum absolute atomic E-state index is 5.79. The van der Waals surface area contributed by atoms with E-state index >= 15 is 0 Å². The SMILES string of the molecule is Cc1cc(Oc2ncccc2C(N)=S)cc(C)c1Br. The van der Waals surface area contributed by atoms with Crippen molar-refractivity contribution in [2.75, 3.05) is 0 Å². The van der Waals surface area contributed by atoms with Gasteiger partial charge >= 0.3 is 0 Å². The molecule has 5 heteroatoms. The standard InChI is InChI=1S/C14H13BrN2OS/c1-8-6-10(7-9(2)12(8)15)18-14-11(13(16)19)4-3-5-17-14/h3-7H,1-2H3,(H2,16,19). The minimum atomic E-state index is 0.272. The number of aromatic nitrogens is 1. The lowest BCUT2D eigenvalue weighted by molar-refractivity contribution is 0.461. The summed E-state index contributed by atoms with van der Waals surface area (Å²) in [6.07, 6.45) is 1.65. The van der Waals surface area contributed by atoms with Gasteiger partial charge in [0.15, 0.2) is 0 Å². The number of pyridine rings is 1. The minimum absolute atomic E-state index is 0.272. The summed E-state index contributed by atoms with van der Waals surface area (Å²) in [7, 11) is 0. The molecule has 2 rings (SSSR count). The van der Waals surface area contributed by atoms with Crippen LogP contribution in [0.3, 0.4) is 0 Å². The summed E-state index contributed by atoms with van der Waals surface area (Å²) in [5, 5.41) is 0. The first-order valence-electron chi connectivity index (χ1n) is 5.68. The highest BCUT2D eigenvalue weighted by Crippen LogP contribution is 2.29. The zero-order valence-corrected chi connectivity index (χ0v) is 13.0. The molecule has 1 aromatic heterocycles. The highest BCUT2D eigenvalue weighted by Gasteiger charge is 2.10. The lowest BCUT2D eigenvalue weighted by Crippen LogP contribution is -2.11. The van der Waals surface area contributed by atoms with Crippen LogP contribution in [0.1, 0.15) is 16.7 Å². The van der Waals surface area contributed by atoms with Gasteiger partial charge in [-0.2, -0.15) is 0 Å². The van der Waals surface area contributed by atoms with Gasteiger partial charge in [0, 0.05) is 10.7 Å². The third-order valence-electron chi connectivity index (χ3n) is 2.66. The molecule has 0 aliphatic heterocycles. The molecule has 0 spiro atoms. The number of hydrogen-bond donors (Lipinski definition) is 1. The number of thiocarbonyl (C=S) groups is 1. The Morgan fingerprint density at radius 3 is 2.53 bits per heavy atom. The summed E-state index contributed by atoms with van der Waals surface area (Å²) in [5.41, 5.74) is 8.49. The molecule has 2 aromatic rings. The summed E-state index contributed by atoms with van der Waals surface area (Å²) in [5.74, 6) is 1.14. The van der Waals surface area contributed by atoms with Gasteiger partial charge in [-0.05, 0) is 49.2 Å². The fourth-order valence-electron chi connectivity index (χ4n) is 1.74. The van der Waals surface area contributed by atoms with Crippen LogP contribution in [0.25, 0.3) is 0 Å². The lowest BCUT2D eigenvalue weighted by Gasteiger charge is -2.11. The van der Waals surface area contributed by atoms with Gasteiger partial charge in [0.1, 0.15) is 10.7 Å². The van der Waals surface area contributed by atoms with Crippen molar-refractivity contribution >= 4 is 33.1 Å². The Morgan fingerprint density at radius 1 is 1.32 bits per heavy atom. The number of hydrogen-bond acceptors (Lipinski definition) is 3. The average molecular weight is 337 g/mol. The van der Waals surface area contributed by atoms with Crippen molar-refractivity contribution in [3.05, 3.63) is 51.6 Å². The Balaban J connectivity index is 2.39. The number of aryl methyl sites for hydroxylation is 2. The summed E-state index contributed by atoms with van der Waals surface area (Å²) < 4.78 is 6.87. The van der Waals surface area contributed by atoms with Gasteiger partial charge < -0.3 is 10.5 Å². The van der Waals surface area contributed by atoms with Gasteiger partial charge in [-0.3, -0.25) is 0 Å². The number of nitrogens with two attached hydrogens (primary N) is 1. The van der Waals surface area contributed by atoms with Crippen LogP contribution >= 0.6 is 28.1 Å². The number of benzene rings is 1.